The first-order valence-corrected chi connectivity index (χ1v) is 10.1. The van der Waals surface area contributed by atoms with Gasteiger partial charge in [0, 0.05) is 46.3 Å². The van der Waals surface area contributed by atoms with Crippen molar-refractivity contribution < 1.29 is 9.13 Å². The number of aliphatic imine (C=N–C) groups is 1. The van der Waals surface area contributed by atoms with Crippen LogP contribution in [0.1, 0.15) is 12.0 Å². The van der Waals surface area contributed by atoms with E-state index in [0.29, 0.717) is 5.75 Å². The Kier molecular flexibility index (Phi) is 8.34. The lowest BCUT2D eigenvalue weighted by molar-refractivity contribution is 0.172. The number of methoxy groups -OCH3 is 1. The summed E-state index contributed by atoms with van der Waals surface area (Å²) < 4.78 is 18.8. The van der Waals surface area contributed by atoms with Crippen LogP contribution in [-0.4, -0.2) is 74.6 Å². The third kappa shape index (κ3) is 6.08. The van der Waals surface area contributed by atoms with E-state index in [4.69, 9.17) is 4.74 Å². The van der Waals surface area contributed by atoms with Crippen LogP contribution in [0.4, 0.5) is 4.39 Å². The topological polar surface area (TPSA) is 40.1 Å². The van der Waals surface area contributed by atoms with Crippen molar-refractivity contribution in [1.82, 2.24) is 15.1 Å². The molecule has 0 bridgehead atoms. The maximum Gasteiger partial charge on any atom is 0.193 e. The van der Waals surface area contributed by atoms with E-state index in [-0.39, 0.29) is 5.82 Å². The first kappa shape index (κ1) is 19.8. The maximum absolute atomic E-state index is 13.8. The highest BCUT2D eigenvalue weighted by molar-refractivity contribution is 7.98. The lowest BCUT2D eigenvalue weighted by Crippen LogP contribution is -2.52. The minimum atomic E-state index is -0.298. The Labute approximate surface area is 154 Å². The van der Waals surface area contributed by atoms with Gasteiger partial charge in [0.1, 0.15) is 0 Å². The van der Waals surface area contributed by atoms with Gasteiger partial charge < -0.3 is 15.0 Å². The van der Waals surface area contributed by atoms with Crippen molar-refractivity contribution in [3.05, 3.63) is 29.6 Å². The van der Waals surface area contributed by atoms with E-state index in [1.165, 1.54) is 7.11 Å². The zero-order chi connectivity index (χ0) is 18.1. The second-order valence-corrected chi connectivity index (χ2v) is 7.04. The summed E-state index contributed by atoms with van der Waals surface area (Å²) in [6, 6.07) is 5.19. The number of benzene rings is 1. The molecule has 1 heterocycles. The molecule has 0 aromatic heterocycles. The zero-order valence-electron chi connectivity index (χ0n) is 15.4. The lowest BCUT2D eigenvalue weighted by Gasteiger charge is -2.36. The van der Waals surface area contributed by atoms with Gasteiger partial charge in [-0.3, -0.25) is 9.89 Å². The number of halogens is 1. The number of rotatable bonds is 7. The molecular weight excluding hydrogens is 339 g/mol. The van der Waals surface area contributed by atoms with E-state index >= 15 is 0 Å². The number of nitrogens with one attached hydrogen (secondary N) is 1. The Morgan fingerprint density at radius 1 is 1.32 bits per heavy atom. The summed E-state index contributed by atoms with van der Waals surface area (Å²) in [5, 5.41) is 3.44. The summed E-state index contributed by atoms with van der Waals surface area (Å²) in [6.07, 6.45) is 3.27. The fraction of sp³-hybridized carbons (Fsp3) is 0.611. The van der Waals surface area contributed by atoms with Crippen LogP contribution in [0.5, 0.6) is 5.75 Å². The van der Waals surface area contributed by atoms with Gasteiger partial charge in [-0.25, -0.2) is 4.39 Å². The summed E-state index contributed by atoms with van der Waals surface area (Å²) in [5.41, 5.74) is 0.978. The molecule has 1 fully saturated rings. The van der Waals surface area contributed by atoms with Crippen molar-refractivity contribution >= 4 is 17.7 Å². The highest BCUT2D eigenvalue weighted by Gasteiger charge is 2.19. The summed E-state index contributed by atoms with van der Waals surface area (Å²) in [6.45, 7) is 5.47. The molecule has 0 radical (unpaired) electrons. The van der Waals surface area contributed by atoms with Crippen LogP contribution < -0.4 is 10.1 Å². The van der Waals surface area contributed by atoms with Gasteiger partial charge in [-0.2, -0.15) is 11.8 Å². The Morgan fingerprint density at radius 2 is 2.08 bits per heavy atom. The van der Waals surface area contributed by atoms with Gasteiger partial charge in [-0.05, 0) is 36.1 Å². The maximum atomic E-state index is 13.8. The molecule has 140 valence electrons. The summed E-state index contributed by atoms with van der Waals surface area (Å²) in [5.74, 6) is 2.14. The minimum absolute atomic E-state index is 0.296. The van der Waals surface area contributed by atoms with Crippen molar-refractivity contribution in [2.24, 2.45) is 4.99 Å². The van der Waals surface area contributed by atoms with E-state index in [0.717, 1.165) is 63.0 Å². The first-order valence-electron chi connectivity index (χ1n) is 8.67. The predicted molar refractivity (Wildman–Crippen MR) is 104 cm³/mol. The van der Waals surface area contributed by atoms with Gasteiger partial charge in [0.15, 0.2) is 17.5 Å². The molecule has 1 aromatic carbocycles. The van der Waals surface area contributed by atoms with Crippen LogP contribution in [0, 0.1) is 5.82 Å². The quantitative estimate of drug-likeness (QED) is 0.454. The predicted octanol–water partition coefficient (Wildman–Crippen LogP) is 2.28. The normalized spacial score (nSPS) is 16.2. The average molecular weight is 369 g/mol. The third-order valence-corrected chi connectivity index (χ3v) is 5.01. The van der Waals surface area contributed by atoms with Gasteiger partial charge in [-0.15, -0.1) is 0 Å². The van der Waals surface area contributed by atoms with E-state index in [2.05, 4.69) is 26.4 Å². The molecule has 0 saturated carbocycles. The monoisotopic (exact) mass is 368 g/mol. The highest BCUT2D eigenvalue weighted by atomic mass is 32.2. The smallest absolute Gasteiger partial charge is 0.193 e. The Bertz CT molecular complexity index is 562. The number of nitrogens with zero attached hydrogens (tertiary/aromatic N) is 3. The molecule has 0 amide bonds. The lowest BCUT2D eigenvalue weighted by atomic mass is 10.2. The van der Waals surface area contributed by atoms with Crippen LogP contribution >= 0.6 is 11.8 Å². The van der Waals surface area contributed by atoms with Crippen LogP contribution in [0.3, 0.4) is 0 Å². The molecule has 1 aromatic rings. The van der Waals surface area contributed by atoms with Crippen molar-refractivity contribution in [2.45, 2.75) is 13.0 Å². The van der Waals surface area contributed by atoms with Crippen LogP contribution in [0.15, 0.2) is 23.2 Å². The number of hydrogen-bond donors (Lipinski definition) is 1. The van der Waals surface area contributed by atoms with Gasteiger partial charge in [-0.1, -0.05) is 6.07 Å². The van der Waals surface area contributed by atoms with Crippen molar-refractivity contribution in [1.29, 1.82) is 0 Å². The van der Waals surface area contributed by atoms with Crippen molar-refractivity contribution in [3.63, 3.8) is 0 Å². The Morgan fingerprint density at radius 3 is 2.68 bits per heavy atom. The van der Waals surface area contributed by atoms with Crippen molar-refractivity contribution in [3.8, 4) is 5.75 Å². The number of ether oxygens (including phenoxy) is 1. The molecule has 1 saturated heterocycles. The Balaban J connectivity index is 1.79. The molecule has 1 aliphatic heterocycles. The molecule has 7 heteroatoms. The standard InChI is InChI=1S/C18H29FN4OS/c1-20-18(21-7-4-12-25-3)23-10-8-22(9-11-23)14-15-5-6-17(24-2)16(19)13-15/h5-6,13H,4,7-12,14H2,1-3H3,(H,20,21). The second-order valence-electron chi connectivity index (χ2n) is 6.05. The molecule has 0 unspecified atom stereocenters. The van der Waals surface area contributed by atoms with Crippen LogP contribution in [0.25, 0.3) is 0 Å². The molecule has 25 heavy (non-hydrogen) atoms. The molecule has 1 aliphatic rings. The molecule has 1 N–H and O–H groups in total. The third-order valence-electron chi connectivity index (χ3n) is 4.31. The van der Waals surface area contributed by atoms with Gasteiger partial charge in [0.2, 0.25) is 0 Å². The fourth-order valence-corrected chi connectivity index (χ4v) is 3.37. The summed E-state index contributed by atoms with van der Waals surface area (Å²) in [4.78, 5) is 9.03. The summed E-state index contributed by atoms with van der Waals surface area (Å²) >= 11 is 1.87. The van der Waals surface area contributed by atoms with Crippen LogP contribution in [0.2, 0.25) is 0 Å². The van der Waals surface area contributed by atoms with E-state index < -0.39 is 0 Å². The fourth-order valence-electron chi connectivity index (χ4n) is 2.93. The summed E-state index contributed by atoms with van der Waals surface area (Å²) in [7, 11) is 3.32. The number of hydrogen-bond acceptors (Lipinski definition) is 4. The molecule has 0 spiro atoms. The van der Waals surface area contributed by atoms with Gasteiger partial charge >= 0.3 is 0 Å². The van der Waals surface area contributed by atoms with E-state index in [9.17, 15) is 4.39 Å². The van der Waals surface area contributed by atoms with E-state index in [1.54, 1.807) is 12.1 Å². The molecule has 0 atom stereocenters. The Hall–Kier alpha value is -1.47. The molecule has 5 nitrogen and oxygen atoms in total. The second kappa shape index (κ2) is 10.5. The minimum Gasteiger partial charge on any atom is -0.494 e. The molecular formula is C18H29FN4OS. The average Bonchev–Trinajstić information content (AvgIpc) is 2.63. The number of piperazine rings is 1. The molecule has 0 aliphatic carbocycles. The molecule has 2 rings (SSSR count). The number of guanidine groups is 1. The van der Waals surface area contributed by atoms with Gasteiger partial charge in [0.05, 0.1) is 7.11 Å². The van der Waals surface area contributed by atoms with Gasteiger partial charge in [0.25, 0.3) is 0 Å². The van der Waals surface area contributed by atoms with E-state index in [1.807, 2.05) is 24.9 Å². The highest BCUT2D eigenvalue weighted by Crippen LogP contribution is 2.19. The number of thioether (sulfide) groups is 1. The zero-order valence-corrected chi connectivity index (χ0v) is 16.2. The SMILES string of the molecule is CN=C(NCCCSC)N1CCN(Cc2ccc(OC)c(F)c2)CC1. The first-order chi connectivity index (χ1) is 12.2. The van der Waals surface area contributed by atoms with Crippen LogP contribution in [-0.2, 0) is 6.54 Å². The van der Waals surface area contributed by atoms with Crippen molar-refractivity contribution in [2.75, 3.05) is 58.9 Å². The largest absolute Gasteiger partial charge is 0.494 e.